The maximum Gasteiger partial charge on any atom is 0.163 e. The normalized spacial score (nSPS) is 17.3. The lowest BCUT2D eigenvalue weighted by Crippen LogP contribution is -2.50. The summed E-state index contributed by atoms with van der Waals surface area (Å²) >= 11 is 6.04. The van der Waals surface area contributed by atoms with E-state index in [0.717, 1.165) is 42.3 Å². The lowest BCUT2D eigenvalue weighted by atomic mass is 10.1. The minimum absolute atomic E-state index is 0.374. The second kappa shape index (κ2) is 7.40. The lowest BCUT2D eigenvalue weighted by Gasteiger charge is -2.35. The van der Waals surface area contributed by atoms with E-state index in [-0.39, 0.29) is 0 Å². The number of anilines is 1. The second-order valence-electron chi connectivity index (χ2n) is 6.43. The Morgan fingerprint density at radius 1 is 1.12 bits per heavy atom. The molecule has 1 fully saturated rings. The fraction of sp³-hybridized carbons (Fsp3) is 0.250. The predicted octanol–water partition coefficient (Wildman–Crippen LogP) is 3.66. The highest BCUT2D eigenvalue weighted by atomic mass is 35.5. The first-order valence-electron chi connectivity index (χ1n) is 8.73. The monoisotopic (exact) mass is 365 g/mol. The number of aromatic nitrogens is 3. The van der Waals surface area contributed by atoms with Gasteiger partial charge in [-0.3, -0.25) is 4.98 Å². The number of rotatable bonds is 3. The van der Waals surface area contributed by atoms with Crippen LogP contribution in [0.25, 0.3) is 22.6 Å². The summed E-state index contributed by atoms with van der Waals surface area (Å²) in [5, 5.41) is 4.14. The maximum atomic E-state index is 6.04. The zero-order valence-corrected chi connectivity index (χ0v) is 15.3. The molecule has 1 saturated heterocycles. The van der Waals surface area contributed by atoms with Crippen LogP contribution in [-0.2, 0) is 0 Å². The van der Waals surface area contributed by atoms with Crippen molar-refractivity contribution in [1.29, 1.82) is 0 Å². The minimum Gasteiger partial charge on any atom is -0.351 e. The first kappa shape index (κ1) is 16.9. The van der Waals surface area contributed by atoms with Crippen molar-refractivity contribution < 1.29 is 0 Å². The molecule has 1 aliphatic heterocycles. The van der Waals surface area contributed by atoms with E-state index in [1.54, 1.807) is 12.4 Å². The largest absolute Gasteiger partial charge is 0.351 e. The minimum atomic E-state index is 0.374. The summed E-state index contributed by atoms with van der Waals surface area (Å²) in [5.74, 6) is 1.63. The van der Waals surface area contributed by atoms with Crippen LogP contribution in [0.1, 0.15) is 6.92 Å². The van der Waals surface area contributed by atoms with E-state index in [1.165, 1.54) is 0 Å². The SMILES string of the molecule is CC1CNCCN1c1cc(-c2ccc(Cl)cc2)nc(-c2cccnc2)n1. The van der Waals surface area contributed by atoms with E-state index < -0.39 is 0 Å². The number of benzene rings is 1. The average Bonchev–Trinajstić information content (AvgIpc) is 2.69. The molecule has 5 nitrogen and oxygen atoms in total. The molecule has 3 heterocycles. The van der Waals surface area contributed by atoms with Crippen molar-refractivity contribution in [2.75, 3.05) is 24.5 Å². The molecule has 6 heteroatoms. The molecule has 0 saturated carbocycles. The van der Waals surface area contributed by atoms with Gasteiger partial charge >= 0.3 is 0 Å². The van der Waals surface area contributed by atoms with Crippen molar-refractivity contribution in [3.05, 3.63) is 59.9 Å². The van der Waals surface area contributed by atoms with Gasteiger partial charge in [0.25, 0.3) is 0 Å². The van der Waals surface area contributed by atoms with E-state index in [1.807, 2.05) is 36.4 Å². The molecule has 0 bridgehead atoms. The molecule has 0 radical (unpaired) electrons. The molecular formula is C20H20ClN5. The van der Waals surface area contributed by atoms with E-state index in [2.05, 4.69) is 28.2 Å². The van der Waals surface area contributed by atoms with Gasteiger partial charge in [0.15, 0.2) is 5.82 Å². The molecule has 2 aromatic heterocycles. The molecule has 1 N–H and O–H groups in total. The van der Waals surface area contributed by atoms with Crippen LogP contribution in [0.2, 0.25) is 5.02 Å². The number of halogens is 1. The molecule has 1 atom stereocenters. The number of piperazine rings is 1. The lowest BCUT2D eigenvalue weighted by molar-refractivity contribution is 0.497. The first-order valence-corrected chi connectivity index (χ1v) is 9.11. The summed E-state index contributed by atoms with van der Waals surface area (Å²) < 4.78 is 0. The van der Waals surface area contributed by atoms with Gasteiger partial charge in [-0.2, -0.15) is 0 Å². The zero-order chi connectivity index (χ0) is 17.9. The number of nitrogens with one attached hydrogen (secondary N) is 1. The number of hydrogen-bond acceptors (Lipinski definition) is 5. The predicted molar refractivity (Wildman–Crippen MR) is 105 cm³/mol. The molecule has 132 valence electrons. The third kappa shape index (κ3) is 3.54. The molecule has 0 aliphatic carbocycles. The van der Waals surface area contributed by atoms with Gasteiger partial charge in [-0.15, -0.1) is 0 Å². The third-order valence-electron chi connectivity index (χ3n) is 4.57. The van der Waals surface area contributed by atoms with Crippen LogP contribution in [0.5, 0.6) is 0 Å². The third-order valence-corrected chi connectivity index (χ3v) is 4.82. The Kier molecular flexibility index (Phi) is 4.82. The molecule has 1 aromatic carbocycles. The van der Waals surface area contributed by atoms with Gasteiger partial charge in [0.2, 0.25) is 0 Å². The Bertz CT molecular complexity index is 882. The molecule has 3 aromatic rings. The van der Waals surface area contributed by atoms with Crippen LogP contribution in [0, 0.1) is 0 Å². The smallest absolute Gasteiger partial charge is 0.163 e. The second-order valence-corrected chi connectivity index (χ2v) is 6.87. The van der Waals surface area contributed by atoms with Gasteiger partial charge in [0, 0.05) is 60.3 Å². The number of nitrogens with zero attached hydrogens (tertiary/aromatic N) is 4. The average molecular weight is 366 g/mol. The van der Waals surface area contributed by atoms with Gasteiger partial charge in [0.1, 0.15) is 5.82 Å². The standard InChI is InChI=1S/C20H20ClN5/c1-14-12-23-9-10-26(14)19-11-18(15-4-6-17(21)7-5-15)24-20(25-19)16-3-2-8-22-13-16/h2-8,11,13-14,23H,9-10,12H2,1H3. The van der Waals surface area contributed by atoms with Crippen LogP contribution >= 0.6 is 11.6 Å². The molecule has 1 unspecified atom stereocenters. The van der Waals surface area contributed by atoms with Crippen LogP contribution in [0.3, 0.4) is 0 Å². The zero-order valence-electron chi connectivity index (χ0n) is 14.6. The van der Waals surface area contributed by atoms with Crippen molar-refractivity contribution in [1.82, 2.24) is 20.3 Å². The van der Waals surface area contributed by atoms with Crippen molar-refractivity contribution in [2.24, 2.45) is 0 Å². The van der Waals surface area contributed by atoms with E-state index in [9.17, 15) is 0 Å². The first-order chi connectivity index (χ1) is 12.7. The van der Waals surface area contributed by atoms with E-state index in [0.29, 0.717) is 16.9 Å². The number of hydrogen-bond donors (Lipinski definition) is 1. The fourth-order valence-electron chi connectivity index (χ4n) is 3.16. The van der Waals surface area contributed by atoms with Crippen LogP contribution in [0.15, 0.2) is 54.9 Å². The van der Waals surface area contributed by atoms with E-state index >= 15 is 0 Å². The summed E-state index contributed by atoms with van der Waals surface area (Å²) in [6.45, 7) is 5.03. The van der Waals surface area contributed by atoms with Crippen molar-refractivity contribution in [3.8, 4) is 22.6 Å². The van der Waals surface area contributed by atoms with Crippen molar-refractivity contribution in [3.63, 3.8) is 0 Å². The molecule has 1 aliphatic rings. The highest BCUT2D eigenvalue weighted by Crippen LogP contribution is 2.27. The summed E-state index contributed by atoms with van der Waals surface area (Å²) in [6.07, 6.45) is 3.55. The highest BCUT2D eigenvalue weighted by molar-refractivity contribution is 6.30. The molecule has 26 heavy (non-hydrogen) atoms. The molecule has 4 rings (SSSR count). The Labute approximate surface area is 158 Å². The Hall–Kier alpha value is -2.50. The van der Waals surface area contributed by atoms with Crippen molar-refractivity contribution in [2.45, 2.75) is 13.0 Å². The summed E-state index contributed by atoms with van der Waals surface area (Å²) in [7, 11) is 0. The van der Waals surface area contributed by atoms with Crippen molar-refractivity contribution >= 4 is 17.4 Å². The van der Waals surface area contributed by atoms with Crippen LogP contribution in [0.4, 0.5) is 5.82 Å². The van der Waals surface area contributed by atoms with Gasteiger partial charge in [0.05, 0.1) is 5.69 Å². The van der Waals surface area contributed by atoms with Crippen LogP contribution < -0.4 is 10.2 Å². The fourth-order valence-corrected chi connectivity index (χ4v) is 3.28. The van der Waals surface area contributed by atoms with Gasteiger partial charge < -0.3 is 10.2 Å². The topological polar surface area (TPSA) is 53.9 Å². The van der Waals surface area contributed by atoms with Gasteiger partial charge in [-0.05, 0) is 31.2 Å². The Balaban J connectivity index is 1.83. The molecule has 0 spiro atoms. The summed E-state index contributed by atoms with van der Waals surface area (Å²) in [5.41, 5.74) is 2.81. The quantitative estimate of drug-likeness (QED) is 0.767. The number of pyridine rings is 1. The molecular weight excluding hydrogens is 346 g/mol. The van der Waals surface area contributed by atoms with Crippen LogP contribution in [-0.4, -0.2) is 40.6 Å². The summed E-state index contributed by atoms with van der Waals surface area (Å²) in [6, 6.07) is 14.1. The van der Waals surface area contributed by atoms with E-state index in [4.69, 9.17) is 21.6 Å². The molecule has 0 amide bonds. The Morgan fingerprint density at radius 3 is 2.69 bits per heavy atom. The Morgan fingerprint density at radius 2 is 1.96 bits per heavy atom. The maximum absolute atomic E-state index is 6.04. The highest BCUT2D eigenvalue weighted by Gasteiger charge is 2.21. The summed E-state index contributed by atoms with van der Waals surface area (Å²) in [4.78, 5) is 16.2. The van der Waals surface area contributed by atoms with Gasteiger partial charge in [-0.25, -0.2) is 9.97 Å². The van der Waals surface area contributed by atoms with Gasteiger partial charge in [-0.1, -0.05) is 23.7 Å².